The monoisotopic (exact) mass is 267 g/mol. The van der Waals surface area contributed by atoms with Gasteiger partial charge in [-0.1, -0.05) is 26.2 Å². The lowest BCUT2D eigenvalue weighted by molar-refractivity contribution is 0.188. The Morgan fingerprint density at radius 3 is 2.63 bits per heavy atom. The lowest BCUT2D eigenvalue weighted by Gasteiger charge is -2.27. The standard InChI is InChI=1S/C15H29N3O/c1-2-3-9-16-15(19)18-11-6-10-17(12-13-18)14-7-4-5-8-14/h14H,2-13H2,1H3,(H,16,19). The van der Waals surface area contributed by atoms with Crippen LogP contribution in [0, 0.1) is 0 Å². The summed E-state index contributed by atoms with van der Waals surface area (Å²) in [6.07, 6.45) is 8.84. The maximum atomic E-state index is 12.0. The van der Waals surface area contributed by atoms with Gasteiger partial charge in [0.1, 0.15) is 0 Å². The molecule has 1 N–H and O–H groups in total. The maximum absolute atomic E-state index is 12.0. The summed E-state index contributed by atoms with van der Waals surface area (Å²) in [4.78, 5) is 16.7. The van der Waals surface area contributed by atoms with E-state index in [-0.39, 0.29) is 6.03 Å². The Labute approximate surface area is 117 Å². The van der Waals surface area contributed by atoms with Crippen LogP contribution >= 0.6 is 0 Å². The highest BCUT2D eigenvalue weighted by Gasteiger charge is 2.25. The molecule has 0 aromatic heterocycles. The first-order chi connectivity index (χ1) is 9.31. The van der Waals surface area contributed by atoms with Gasteiger partial charge in [0.05, 0.1) is 0 Å². The van der Waals surface area contributed by atoms with Gasteiger partial charge in [-0.05, 0) is 25.7 Å². The first-order valence-corrected chi connectivity index (χ1v) is 8.08. The number of carbonyl (C=O) groups excluding carboxylic acids is 1. The fraction of sp³-hybridized carbons (Fsp3) is 0.933. The van der Waals surface area contributed by atoms with E-state index < -0.39 is 0 Å². The van der Waals surface area contributed by atoms with Crippen LogP contribution in [-0.4, -0.2) is 54.6 Å². The summed E-state index contributed by atoms with van der Waals surface area (Å²) in [5, 5.41) is 3.03. The van der Waals surface area contributed by atoms with E-state index in [2.05, 4.69) is 17.1 Å². The zero-order valence-electron chi connectivity index (χ0n) is 12.4. The van der Waals surface area contributed by atoms with Gasteiger partial charge in [-0.25, -0.2) is 4.79 Å². The SMILES string of the molecule is CCCCNC(=O)N1CCCN(C2CCCC2)CC1. The second-order valence-electron chi connectivity index (χ2n) is 5.90. The molecule has 2 aliphatic rings. The molecule has 0 unspecified atom stereocenters. The maximum Gasteiger partial charge on any atom is 0.317 e. The van der Waals surface area contributed by atoms with Gasteiger partial charge in [0, 0.05) is 38.8 Å². The van der Waals surface area contributed by atoms with Crippen molar-refractivity contribution in [1.29, 1.82) is 0 Å². The van der Waals surface area contributed by atoms with Crippen LogP contribution in [0.5, 0.6) is 0 Å². The minimum atomic E-state index is 0.140. The topological polar surface area (TPSA) is 35.6 Å². The zero-order valence-corrected chi connectivity index (χ0v) is 12.4. The molecule has 1 aliphatic heterocycles. The highest BCUT2D eigenvalue weighted by Crippen LogP contribution is 2.24. The molecule has 0 aromatic carbocycles. The van der Waals surface area contributed by atoms with Crippen molar-refractivity contribution in [1.82, 2.24) is 15.1 Å². The van der Waals surface area contributed by atoms with Gasteiger partial charge in [0.25, 0.3) is 0 Å². The fourth-order valence-corrected chi connectivity index (χ4v) is 3.26. The molecule has 1 heterocycles. The van der Waals surface area contributed by atoms with Crippen molar-refractivity contribution in [3.8, 4) is 0 Å². The van der Waals surface area contributed by atoms with Crippen molar-refractivity contribution in [3.05, 3.63) is 0 Å². The van der Waals surface area contributed by atoms with Crippen molar-refractivity contribution in [2.45, 2.75) is 57.9 Å². The number of carbonyl (C=O) groups is 1. The third-order valence-electron chi connectivity index (χ3n) is 4.47. The molecule has 4 nitrogen and oxygen atoms in total. The molecular weight excluding hydrogens is 238 g/mol. The quantitative estimate of drug-likeness (QED) is 0.794. The highest BCUT2D eigenvalue weighted by molar-refractivity contribution is 5.74. The number of hydrogen-bond donors (Lipinski definition) is 1. The number of urea groups is 1. The molecule has 0 atom stereocenters. The van der Waals surface area contributed by atoms with Gasteiger partial charge in [0.2, 0.25) is 0 Å². The first kappa shape index (κ1) is 14.6. The van der Waals surface area contributed by atoms with Crippen molar-refractivity contribution >= 4 is 6.03 Å². The number of rotatable bonds is 4. The third kappa shape index (κ3) is 4.37. The number of nitrogens with zero attached hydrogens (tertiary/aromatic N) is 2. The highest BCUT2D eigenvalue weighted by atomic mass is 16.2. The van der Waals surface area contributed by atoms with Gasteiger partial charge >= 0.3 is 6.03 Å². The Kier molecular flexibility index (Phi) is 5.95. The number of hydrogen-bond acceptors (Lipinski definition) is 2. The van der Waals surface area contributed by atoms with Crippen molar-refractivity contribution in [2.75, 3.05) is 32.7 Å². The van der Waals surface area contributed by atoms with Crippen LogP contribution in [0.4, 0.5) is 4.79 Å². The average Bonchev–Trinajstić information content (AvgIpc) is 2.83. The number of amides is 2. The predicted molar refractivity (Wildman–Crippen MR) is 78.3 cm³/mol. The van der Waals surface area contributed by atoms with Crippen LogP contribution in [0.2, 0.25) is 0 Å². The molecule has 2 rings (SSSR count). The Hall–Kier alpha value is -0.770. The lowest BCUT2D eigenvalue weighted by Crippen LogP contribution is -2.43. The third-order valence-corrected chi connectivity index (χ3v) is 4.47. The fourth-order valence-electron chi connectivity index (χ4n) is 3.26. The molecule has 2 fully saturated rings. The van der Waals surface area contributed by atoms with Crippen molar-refractivity contribution in [2.24, 2.45) is 0 Å². The molecule has 110 valence electrons. The summed E-state index contributed by atoms with van der Waals surface area (Å²) in [5.74, 6) is 0. The summed E-state index contributed by atoms with van der Waals surface area (Å²) in [6.45, 7) is 7.01. The summed E-state index contributed by atoms with van der Waals surface area (Å²) in [6, 6.07) is 0.935. The molecule has 4 heteroatoms. The normalized spacial score (nSPS) is 22.5. The van der Waals surface area contributed by atoms with E-state index in [1.54, 1.807) is 0 Å². The molecular formula is C15H29N3O. The second kappa shape index (κ2) is 7.73. The minimum absolute atomic E-state index is 0.140. The van der Waals surface area contributed by atoms with Crippen LogP contribution in [0.15, 0.2) is 0 Å². The molecule has 0 bridgehead atoms. The number of unbranched alkanes of at least 4 members (excludes halogenated alkanes) is 1. The molecule has 2 amide bonds. The van der Waals surface area contributed by atoms with E-state index in [9.17, 15) is 4.79 Å². The summed E-state index contributed by atoms with van der Waals surface area (Å²) < 4.78 is 0. The van der Waals surface area contributed by atoms with E-state index in [0.29, 0.717) is 0 Å². The van der Waals surface area contributed by atoms with Gasteiger partial charge in [-0.2, -0.15) is 0 Å². The van der Waals surface area contributed by atoms with E-state index >= 15 is 0 Å². The van der Waals surface area contributed by atoms with Gasteiger partial charge in [-0.3, -0.25) is 4.90 Å². The Bertz CT molecular complexity index is 277. The van der Waals surface area contributed by atoms with Crippen LogP contribution in [-0.2, 0) is 0 Å². The van der Waals surface area contributed by atoms with Crippen LogP contribution in [0.25, 0.3) is 0 Å². The zero-order chi connectivity index (χ0) is 13.5. The molecule has 0 radical (unpaired) electrons. The Balaban J connectivity index is 1.74. The van der Waals surface area contributed by atoms with Crippen LogP contribution in [0.1, 0.15) is 51.9 Å². The first-order valence-electron chi connectivity index (χ1n) is 8.08. The lowest BCUT2D eigenvalue weighted by atomic mass is 10.2. The van der Waals surface area contributed by atoms with Gasteiger partial charge < -0.3 is 10.2 Å². The number of nitrogens with one attached hydrogen (secondary N) is 1. The molecule has 1 saturated carbocycles. The summed E-state index contributed by atoms with van der Waals surface area (Å²) in [7, 11) is 0. The van der Waals surface area contributed by atoms with Crippen LogP contribution < -0.4 is 5.32 Å². The van der Waals surface area contributed by atoms with E-state index in [4.69, 9.17) is 0 Å². The molecule has 0 aromatic rings. The average molecular weight is 267 g/mol. The Morgan fingerprint density at radius 1 is 1.11 bits per heavy atom. The Morgan fingerprint density at radius 2 is 1.89 bits per heavy atom. The van der Waals surface area contributed by atoms with Gasteiger partial charge in [-0.15, -0.1) is 0 Å². The van der Waals surface area contributed by atoms with Crippen molar-refractivity contribution < 1.29 is 4.79 Å². The summed E-state index contributed by atoms with van der Waals surface area (Å²) >= 11 is 0. The second-order valence-corrected chi connectivity index (χ2v) is 5.90. The smallest absolute Gasteiger partial charge is 0.317 e. The van der Waals surface area contributed by atoms with Crippen LogP contribution in [0.3, 0.4) is 0 Å². The molecule has 1 saturated heterocycles. The van der Waals surface area contributed by atoms with E-state index in [1.807, 2.05) is 4.90 Å². The van der Waals surface area contributed by atoms with Gasteiger partial charge in [0.15, 0.2) is 0 Å². The minimum Gasteiger partial charge on any atom is -0.338 e. The predicted octanol–water partition coefficient (Wildman–Crippen LogP) is 2.45. The largest absolute Gasteiger partial charge is 0.338 e. The molecule has 0 spiro atoms. The van der Waals surface area contributed by atoms with E-state index in [0.717, 1.165) is 51.5 Å². The van der Waals surface area contributed by atoms with E-state index in [1.165, 1.54) is 32.2 Å². The summed E-state index contributed by atoms with van der Waals surface area (Å²) in [5.41, 5.74) is 0. The van der Waals surface area contributed by atoms with Crippen molar-refractivity contribution in [3.63, 3.8) is 0 Å². The molecule has 19 heavy (non-hydrogen) atoms. The molecule has 1 aliphatic carbocycles.